The molecule has 94 valence electrons. The number of rotatable bonds is 4. The molecule has 0 unspecified atom stereocenters. The summed E-state index contributed by atoms with van der Waals surface area (Å²) in [7, 11) is 0. The van der Waals surface area contributed by atoms with Gasteiger partial charge in [-0.1, -0.05) is 12.1 Å². The average molecular weight is 242 g/mol. The van der Waals surface area contributed by atoms with Crippen LogP contribution in [0.2, 0.25) is 0 Å². The second-order valence-electron chi connectivity index (χ2n) is 4.44. The van der Waals surface area contributed by atoms with Crippen LogP contribution in [0, 0.1) is 13.8 Å². The number of benzene rings is 1. The minimum Gasteiger partial charge on any atom is -0.399 e. The summed E-state index contributed by atoms with van der Waals surface area (Å²) in [5.41, 5.74) is 7.76. The quantitative estimate of drug-likeness (QED) is 0.835. The molecule has 18 heavy (non-hydrogen) atoms. The lowest BCUT2D eigenvalue weighted by atomic mass is 10.1. The van der Waals surface area contributed by atoms with Crippen LogP contribution in [0.3, 0.4) is 0 Å². The van der Waals surface area contributed by atoms with Crippen molar-refractivity contribution in [2.24, 2.45) is 0 Å². The molecule has 1 aromatic carbocycles. The van der Waals surface area contributed by atoms with Gasteiger partial charge in [-0.15, -0.1) is 0 Å². The van der Waals surface area contributed by atoms with E-state index in [0.29, 0.717) is 0 Å². The van der Waals surface area contributed by atoms with Crippen molar-refractivity contribution >= 4 is 5.69 Å². The molecule has 4 nitrogen and oxygen atoms in total. The fourth-order valence-corrected chi connectivity index (χ4v) is 1.93. The lowest BCUT2D eigenvalue weighted by Gasteiger charge is -2.03. The standard InChI is InChI=1S/C14H18N4/c1-10-16-11(2)18-14(17-10)5-3-4-12-6-8-13(15)9-7-12/h6-9H,3-5,15H2,1-2H3. The molecule has 2 rings (SSSR count). The molecule has 1 heterocycles. The van der Waals surface area contributed by atoms with Crippen LogP contribution in [0.25, 0.3) is 0 Å². The first kappa shape index (κ1) is 12.5. The Morgan fingerprint density at radius 2 is 1.50 bits per heavy atom. The van der Waals surface area contributed by atoms with Crippen LogP contribution in [-0.2, 0) is 12.8 Å². The van der Waals surface area contributed by atoms with E-state index in [1.807, 2.05) is 26.0 Å². The van der Waals surface area contributed by atoms with E-state index >= 15 is 0 Å². The molecular weight excluding hydrogens is 224 g/mol. The van der Waals surface area contributed by atoms with Crippen molar-refractivity contribution < 1.29 is 0 Å². The van der Waals surface area contributed by atoms with Crippen LogP contribution in [0.4, 0.5) is 5.69 Å². The lowest BCUT2D eigenvalue weighted by Crippen LogP contribution is -2.03. The molecule has 0 amide bonds. The largest absolute Gasteiger partial charge is 0.399 e. The topological polar surface area (TPSA) is 64.7 Å². The third-order valence-corrected chi connectivity index (χ3v) is 2.75. The summed E-state index contributed by atoms with van der Waals surface area (Å²) < 4.78 is 0. The Bertz CT molecular complexity index is 500. The second kappa shape index (κ2) is 5.58. The summed E-state index contributed by atoms with van der Waals surface area (Å²) in [6.07, 6.45) is 2.94. The van der Waals surface area contributed by atoms with Gasteiger partial charge in [-0.25, -0.2) is 15.0 Å². The molecule has 1 aromatic heterocycles. The van der Waals surface area contributed by atoms with E-state index in [2.05, 4.69) is 27.1 Å². The molecule has 2 aromatic rings. The molecule has 2 N–H and O–H groups in total. The fourth-order valence-electron chi connectivity index (χ4n) is 1.93. The van der Waals surface area contributed by atoms with E-state index in [9.17, 15) is 0 Å². The van der Waals surface area contributed by atoms with Gasteiger partial charge in [0.25, 0.3) is 0 Å². The van der Waals surface area contributed by atoms with Gasteiger partial charge in [0.2, 0.25) is 0 Å². The van der Waals surface area contributed by atoms with E-state index < -0.39 is 0 Å². The van der Waals surface area contributed by atoms with Crippen molar-refractivity contribution in [2.75, 3.05) is 5.73 Å². The van der Waals surface area contributed by atoms with Crippen molar-refractivity contribution in [3.63, 3.8) is 0 Å². The third kappa shape index (κ3) is 3.52. The van der Waals surface area contributed by atoms with Crippen LogP contribution >= 0.6 is 0 Å². The molecule has 0 saturated heterocycles. The van der Waals surface area contributed by atoms with E-state index in [0.717, 1.165) is 42.4 Å². The zero-order valence-electron chi connectivity index (χ0n) is 10.8. The van der Waals surface area contributed by atoms with E-state index in [1.165, 1.54) is 5.56 Å². The molecule has 0 atom stereocenters. The van der Waals surface area contributed by atoms with Crippen molar-refractivity contribution in [3.8, 4) is 0 Å². The highest BCUT2D eigenvalue weighted by molar-refractivity contribution is 5.39. The first-order valence-electron chi connectivity index (χ1n) is 6.16. The number of aryl methyl sites for hydroxylation is 4. The highest BCUT2D eigenvalue weighted by Crippen LogP contribution is 2.09. The molecule has 0 aliphatic heterocycles. The predicted molar refractivity (Wildman–Crippen MR) is 72.2 cm³/mol. The molecule has 0 radical (unpaired) electrons. The zero-order chi connectivity index (χ0) is 13.0. The van der Waals surface area contributed by atoms with Crippen molar-refractivity contribution in [2.45, 2.75) is 33.1 Å². The molecule has 4 heteroatoms. The minimum absolute atomic E-state index is 0.796. The third-order valence-electron chi connectivity index (χ3n) is 2.75. The second-order valence-corrected chi connectivity index (χ2v) is 4.44. The molecular formula is C14H18N4. The number of hydrogen-bond acceptors (Lipinski definition) is 4. The van der Waals surface area contributed by atoms with E-state index in [-0.39, 0.29) is 0 Å². The number of hydrogen-bond donors (Lipinski definition) is 1. The van der Waals surface area contributed by atoms with Crippen molar-refractivity contribution in [1.29, 1.82) is 0 Å². The van der Waals surface area contributed by atoms with Crippen LogP contribution in [0.5, 0.6) is 0 Å². The lowest BCUT2D eigenvalue weighted by molar-refractivity contribution is 0.741. The van der Waals surface area contributed by atoms with Gasteiger partial charge in [0.05, 0.1) is 0 Å². The summed E-state index contributed by atoms with van der Waals surface area (Å²) in [6.45, 7) is 3.80. The van der Waals surface area contributed by atoms with Gasteiger partial charge in [-0.05, 0) is 44.4 Å². The Balaban J connectivity index is 1.90. The predicted octanol–water partition coefficient (Wildman–Crippen LogP) is 2.25. The monoisotopic (exact) mass is 242 g/mol. The normalized spacial score (nSPS) is 10.6. The van der Waals surface area contributed by atoms with E-state index in [4.69, 9.17) is 5.73 Å². The molecule has 0 aliphatic rings. The molecule has 0 saturated carbocycles. The highest BCUT2D eigenvalue weighted by Gasteiger charge is 2.01. The Kier molecular flexibility index (Phi) is 3.87. The SMILES string of the molecule is Cc1nc(C)nc(CCCc2ccc(N)cc2)n1. The summed E-state index contributed by atoms with van der Waals surface area (Å²) in [5, 5.41) is 0. The van der Waals surface area contributed by atoms with Gasteiger partial charge in [-0.3, -0.25) is 0 Å². The maximum Gasteiger partial charge on any atom is 0.132 e. The van der Waals surface area contributed by atoms with Crippen LogP contribution in [0.15, 0.2) is 24.3 Å². The first-order valence-corrected chi connectivity index (χ1v) is 6.16. The Labute approximate surface area is 107 Å². The van der Waals surface area contributed by atoms with E-state index in [1.54, 1.807) is 0 Å². The van der Waals surface area contributed by atoms with Gasteiger partial charge in [0.1, 0.15) is 17.5 Å². The highest BCUT2D eigenvalue weighted by atomic mass is 15.0. The first-order chi connectivity index (χ1) is 8.63. The Morgan fingerprint density at radius 1 is 0.889 bits per heavy atom. The maximum atomic E-state index is 5.65. The number of nitrogens with zero attached hydrogens (tertiary/aromatic N) is 3. The smallest absolute Gasteiger partial charge is 0.132 e. The Hall–Kier alpha value is -1.97. The van der Waals surface area contributed by atoms with Gasteiger partial charge >= 0.3 is 0 Å². The maximum absolute atomic E-state index is 5.65. The fraction of sp³-hybridized carbons (Fsp3) is 0.357. The van der Waals surface area contributed by atoms with Crippen LogP contribution in [0.1, 0.15) is 29.5 Å². The van der Waals surface area contributed by atoms with Gasteiger partial charge in [0.15, 0.2) is 0 Å². The number of nitrogens with two attached hydrogens (primary N) is 1. The minimum atomic E-state index is 0.796. The van der Waals surface area contributed by atoms with Crippen molar-refractivity contribution in [1.82, 2.24) is 15.0 Å². The summed E-state index contributed by atoms with van der Waals surface area (Å²) >= 11 is 0. The number of nitrogen functional groups attached to an aromatic ring is 1. The average Bonchev–Trinajstić information content (AvgIpc) is 2.30. The summed E-state index contributed by atoms with van der Waals surface area (Å²) in [5.74, 6) is 2.48. The molecule has 0 aliphatic carbocycles. The number of anilines is 1. The Morgan fingerprint density at radius 3 is 2.11 bits per heavy atom. The van der Waals surface area contributed by atoms with Crippen molar-refractivity contribution in [3.05, 3.63) is 47.3 Å². The number of aromatic nitrogens is 3. The van der Waals surface area contributed by atoms with Gasteiger partial charge in [-0.2, -0.15) is 0 Å². The van der Waals surface area contributed by atoms with Crippen LogP contribution < -0.4 is 5.73 Å². The molecule has 0 spiro atoms. The zero-order valence-corrected chi connectivity index (χ0v) is 10.8. The van der Waals surface area contributed by atoms with Gasteiger partial charge < -0.3 is 5.73 Å². The molecule has 0 bridgehead atoms. The summed E-state index contributed by atoms with van der Waals surface area (Å²) in [4.78, 5) is 12.8. The summed E-state index contributed by atoms with van der Waals surface area (Å²) in [6, 6.07) is 8.01. The van der Waals surface area contributed by atoms with Crippen LogP contribution in [-0.4, -0.2) is 15.0 Å². The molecule has 0 fully saturated rings. The van der Waals surface area contributed by atoms with Gasteiger partial charge in [0, 0.05) is 12.1 Å².